The molecule has 0 atom stereocenters. The van der Waals surface area contributed by atoms with Crippen molar-refractivity contribution in [2.45, 2.75) is 26.7 Å². The summed E-state index contributed by atoms with van der Waals surface area (Å²) in [5.41, 5.74) is 5.20. The lowest BCUT2D eigenvalue weighted by atomic mass is 10.5. The summed E-state index contributed by atoms with van der Waals surface area (Å²) in [5, 5.41) is 0. The van der Waals surface area contributed by atoms with Gasteiger partial charge >= 0.3 is 7.75 Å². The average Bonchev–Trinajstić information content (AvgIpc) is 1.97. The maximum atomic E-state index is 11.1. The van der Waals surface area contributed by atoms with Crippen LogP contribution in [0.15, 0.2) is 0 Å². The first-order chi connectivity index (χ1) is 5.12. The van der Waals surface area contributed by atoms with Crippen molar-refractivity contribution >= 4 is 7.75 Å². The van der Waals surface area contributed by atoms with E-state index >= 15 is 0 Å². The quantitative estimate of drug-likeness (QED) is 0.636. The van der Waals surface area contributed by atoms with Crippen LogP contribution in [0.25, 0.3) is 0 Å². The van der Waals surface area contributed by atoms with Gasteiger partial charge in [-0.1, -0.05) is 13.8 Å². The van der Waals surface area contributed by atoms with E-state index < -0.39 is 7.75 Å². The lowest BCUT2D eigenvalue weighted by Crippen LogP contribution is -2.05. The average molecular weight is 181 g/mol. The second kappa shape index (κ2) is 5.72. The molecule has 0 bridgehead atoms. The number of hydrogen-bond donors (Lipinski definition) is 1. The van der Waals surface area contributed by atoms with E-state index in [-0.39, 0.29) is 0 Å². The Labute approximate surface area is 67.7 Å². The van der Waals surface area contributed by atoms with Crippen molar-refractivity contribution in [2.24, 2.45) is 5.50 Å². The SMILES string of the molecule is CCCOP(N)(=O)OCCC. The zero-order chi connectivity index (χ0) is 8.74. The fourth-order valence-electron chi connectivity index (χ4n) is 0.474. The third-order valence-corrected chi connectivity index (χ3v) is 2.04. The van der Waals surface area contributed by atoms with Crippen LogP contribution in [0.1, 0.15) is 26.7 Å². The van der Waals surface area contributed by atoms with Crippen molar-refractivity contribution in [1.82, 2.24) is 0 Å². The summed E-state index contributed by atoms with van der Waals surface area (Å²) < 4.78 is 20.6. The van der Waals surface area contributed by atoms with Crippen LogP contribution in [0, 0.1) is 0 Å². The van der Waals surface area contributed by atoms with Crippen LogP contribution in [-0.4, -0.2) is 13.2 Å². The summed E-state index contributed by atoms with van der Waals surface area (Å²) in [6, 6.07) is 0. The fourth-order valence-corrected chi connectivity index (χ4v) is 1.42. The van der Waals surface area contributed by atoms with Crippen molar-refractivity contribution in [3.63, 3.8) is 0 Å². The van der Waals surface area contributed by atoms with Crippen LogP contribution < -0.4 is 5.50 Å². The highest BCUT2D eigenvalue weighted by Crippen LogP contribution is 2.38. The molecule has 0 fully saturated rings. The minimum absolute atomic E-state index is 0.386. The number of hydrogen-bond acceptors (Lipinski definition) is 3. The van der Waals surface area contributed by atoms with Gasteiger partial charge in [0.05, 0.1) is 13.2 Å². The highest BCUT2D eigenvalue weighted by atomic mass is 31.2. The summed E-state index contributed by atoms with van der Waals surface area (Å²) in [6.45, 7) is 4.61. The molecule has 0 saturated carbocycles. The monoisotopic (exact) mass is 181 g/mol. The predicted octanol–water partition coefficient (Wildman–Crippen LogP) is 1.91. The smallest absolute Gasteiger partial charge is 0.297 e. The zero-order valence-corrected chi connectivity index (χ0v) is 7.97. The third kappa shape index (κ3) is 6.51. The van der Waals surface area contributed by atoms with E-state index in [1.165, 1.54) is 0 Å². The van der Waals surface area contributed by atoms with Gasteiger partial charge in [0.15, 0.2) is 0 Å². The summed E-state index contributed by atoms with van der Waals surface area (Å²) in [4.78, 5) is 0. The molecule has 0 radical (unpaired) electrons. The van der Waals surface area contributed by atoms with E-state index in [2.05, 4.69) is 0 Å². The molecule has 0 heterocycles. The van der Waals surface area contributed by atoms with Gasteiger partial charge in [0, 0.05) is 0 Å². The molecule has 0 aliphatic carbocycles. The molecule has 68 valence electrons. The maximum Gasteiger partial charge on any atom is 0.402 e. The molecule has 0 unspecified atom stereocenters. The van der Waals surface area contributed by atoms with Gasteiger partial charge in [-0.05, 0) is 12.8 Å². The van der Waals surface area contributed by atoms with E-state index in [4.69, 9.17) is 14.6 Å². The summed E-state index contributed by atoms with van der Waals surface area (Å²) in [7, 11) is -3.23. The normalized spacial score (nSPS) is 11.9. The van der Waals surface area contributed by atoms with Gasteiger partial charge in [-0.25, -0.2) is 10.1 Å². The molecule has 11 heavy (non-hydrogen) atoms. The first-order valence-electron chi connectivity index (χ1n) is 3.80. The minimum Gasteiger partial charge on any atom is -0.297 e. The van der Waals surface area contributed by atoms with E-state index in [1.54, 1.807) is 0 Å². The standard InChI is InChI=1S/C6H16NO3P/c1-3-5-9-11(7,8)10-6-4-2/h3-6H2,1-2H3,(H2,7,8). The fraction of sp³-hybridized carbons (Fsp3) is 1.00. The third-order valence-electron chi connectivity index (χ3n) is 0.951. The molecule has 4 nitrogen and oxygen atoms in total. The van der Waals surface area contributed by atoms with Gasteiger partial charge in [-0.2, -0.15) is 0 Å². The van der Waals surface area contributed by atoms with Crippen molar-refractivity contribution in [1.29, 1.82) is 0 Å². The Bertz CT molecular complexity index is 128. The van der Waals surface area contributed by atoms with Crippen LogP contribution >= 0.6 is 7.75 Å². The second-order valence-electron chi connectivity index (χ2n) is 2.21. The first-order valence-corrected chi connectivity index (χ1v) is 5.41. The molecule has 0 rings (SSSR count). The van der Waals surface area contributed by atoms with E-state index in [1.807, 2.05) is 13.8 Å². The van der Waals surface area contributed by atoms with Gasteiger partial charge < -0.3 is 0 Å². The van der Waals surface area contributed by atoms with Crippen molar-refractivity contribution < 1.29 is 13.6 Å². The molecular weight excluding hydrogens is 165 g/mol. The summed E-state index contributed by atoms with van der Waals surface area (Å²) in [5.74, 6) is 0. The van der Waals surface area contributed by atoms with Gasteiger partial charge in [0.25, 0.3) is 0 Å². The molecular formula is C6H16NO3P. The van der Waals surface area contributed by atoms with Crippen LogP contribution in [-0.2, 0) is 13.6 Å². The summed E-state index contributed by atoms with van der Waals surface area (Å²) in [6.07, 6.45) is 1.58. The molecule has 0 aliphatic rings. The van der Waals surface area contributed by atoms with Gasteiger partial charge in [-0.3, -0.25) is 9.05 Å². The van der Waals surface area contributed by atoms with Crippen LogP contribution in [0.4, 0.5) is 0 Å². The zero-order valence-electron chi connectivity index (χ0n) is 7.08. The topological polar surface area (TPSA) is 61.5 Å². The van der Waals surface area contributed by atoms with E-state index in [0.717, 1.165) is 12.8 Å². The molecule has 0 spiro atoms. The first kappa shape index (κ1) is 11.1. The van der Waals surface area contributed by atoms with E-state index in [0.29, 0.717) is 13.2 Å². The molecule has 0 aromatic carbocycles. The Balaban J connectivity index is 3.53. The second-order valence-corrected chi connectivity index (χ2v) is 3.80. The predicted molar refractivity (Wildman–Crippen MR) is 44.3 cm³/mol. The van der Waals surface area contributed by atoms with Crippen molar-refractivity contribution in [3.8, 4) is 0 Å². The molecule has 0 aliphatic heterocycles. The maximum absolute atomic E-state index is 11.1. The molecule has 0 saturated heterocycles. The van der Waals surface area contributed by atoms with Crippen LogP contribution in [0.5, 0.6) is 0 Å². The molecule has 0 aromatic heterocycles. The Morgan fingerprint density at radius 2 is 1.55 bits per heavy atom. The lowest BCUT2D eigenvalue weighted by Gasteiger charge is -2.11. The van der Waals surface area contributed by atoms with Gasteiger partial charge in [0.2, 0.25) is 0 Å². The Morgan fingerprint density at radius 1 is 1.18 bits per heavy atom. The van der Waals surface area contributed by atoms with Crippen LogP contribution in [0.3, 0.4) is 0 Å². The Hall–Kier alpha value is 0.110. The number of nitrogens with two attached hydrogens (primary N) is 1. The number of rotatable bonds is 6. The van der Waals surface area contributed by atoms with Crippen LogP contribution in [0.2, 0.25) is 0 Å². The largest absolute Gasteiger partial charge is 0.402 e. The van der Waals surface area contributed by atoms with E-state index in [9.17, 15) is 4.57 Å². The highest BCUT2D eigenvalue weighted by molar-refractivity contribution is 7.51. The highest BCUT2D eigenvalue weighted by Gasteiger charge is 2.15. The van der Waals surface area contributed by atoms with Crippen molar-refractivity contribution in [2.75, 3.05) is 13.2 Å². The minimum atomic E-state index is -3.23. The molecule has 0 amide bonds. The molecule has 2 N–H and O–H groups in total. The van der Waals surface area contributed by atoms with Gasteiger partial charge in [0.1, 0.15) is 0 Å². The Morgan fingerprint density at radius 3 is 1.82 bits per heavy atom. The van der Waals surface area contributed by atoms with Gasteiger partial charge in [-0.15, -0.1) is 0 Å². The lowest BCUT2D eigenvalue weighted by molar-refractivity contribution is 0.205. The molecule has 0 aromatic rings. The van der Waals surface area contributed by atoms with Crippen molar-refractivity contribution in [3.05, 3.63) is 0 Å². The summed E-state index contributed by atoms with van der Waals surface area (Å²) >= 11 is 0. The Kier molecular flexibility index (Phi) is 5.78. The molecule has 5 heteroatoms.